The van der Waals surface area contributed by atoms with Crippen LogP contribution in [0.1, 0.15) is 31.3 Å². The van der Waals surface area contributed by atoms with Crippen LogP contribution in [-0.2, 0) is 20.2 Å². The molecule has 0 aliphatic heterocycles. The Bertz CT molecular complexity index is 1160. The van der Waals surface area contributed by atoms with Gasteiger partial charge in [0.2, 0.25) is 5.52 Å². The van der Waals surface area contributed by atoms with Crippen molar-refractivity contribution < 1.29 is 47.1 Å². The number of hydrogen-bond donors (Lipinski definition) is 0. The van der Waals surface area contributed by atoms with Crippen molar-refractivity contribution in [2.75, 3.05) is 32.2 Å². The van der Waals surface area contributed by atoms with Gasteiger partial charge in [0.05, 0.1) is 18.5 Å². The molecule has 9 nitrogen and oxygen atoms in total. The van der Waals surface area contributed by atoms with Crippen LogP contribution in [-0.4, -0.2) is 27.3 Å². The number of rotatable bonds is 9. The van der Waals surface area contributed by atoms with E-state index in [0.717, 1.165) is 27.3 Å². The molecule has 0 radical (unpaired) electrons. The molecule has 0 aliphatic rings. The number of fused-ring (bicyclic) bond motifs is 1. The van der Waals surface area contributed by atoms with Gasteiger partial charge in [-0.1, -0.05) is 23.5 Å². The molecule has 35 heavy (non-hydrogen) atoms. The van der Waals surface area contributed by atoms with Crippen LogP contribution in [0.5, 0.6) is 0 Å². The van der Waals surface area contributed by atoms with Crippen LogP contribution in [0.4, 0.5) is 5.69 Å². The molecule has 12 heteroatoms. The lowest BCUT2D eigenvalue weighted by atomic mass is 10.2. The Labute approximate surface area is 211 Å². The molecule has 3 aromatic rings. The molecule has 0 atom stereocenters. The molecule has 3 rings (SSSR count). The summed E-state index contributed by atoms with van der Waals surface area (Å²) in [5.41, 5.74) is 3.45. The number of anilines is 1. The van der Waals surface area contributed by atoms with E-state index in [9.17, 15) is 4.57 Å². The van der Waals surface area contributed by atoms with E-state index in [1.54, 1.807) is 11.3 Å². The number of benzene rings is 2. The Morgan fingerprint density at radius 1 is 0.971 bits per heavy atom. The molecule has 1 aromatic heterocycles. The standard InChI is InChI=1S/C23H30N2O3PS.ClHO4/c1-6-25-21-15-14-20(29(26,27-7-2)28-8-3)17-22(21)30-23(25)16-11-18-9-12-19(13-10-18)24(4)5;2-1(3,4)5/h9-17H,6-8H2,1-5H3;(H,2,3,4,5)/q+1;/p-1. The fourth-order valence-electron chi connectivity index (χ4n) is 3.29. The molecule has 0 saturated heterocycles. The highest BCUT2D eigenvalue weighted by Gasteiger charge is 2.28. The number of halogens is 1. The quantitative estimate of drug-likeness (QED) is 0.282. The van der Waals surface area contributed by atoms with Gasteiger partial charge in [0.1, 0.15) is 11.2 Å². The lowest BCUT2D eigenvalue weighted by Gasteiger charge is -2.17. The first-order chi connectivity index (χ1) is 16.4. The van der Waals surface area contributed by atoms with E-state index in [-0.39, 0.29) is 0 Å². The largest absolute Gasteiger partial charge is 0.378 e. The Kier molecular flexibility index (Phi) is 10.8. The van der Waals surface area contributed by atoms with Crippen LogP contribution in [0.25, 0.3) is 22.4 Å². The van der Waals surface area contributed by atoms with Gasteiger partial charge in [-0.2, -0.15) is 4.57 Å². The molecule has 2 aromatic carbocycles. The zero-order valence-electron chi connectivity index (χ0n) is 20.3. The molecular weight excluding hydrogens is 515 g/mol. The highest BCUT2D eigenvalue weighted by atomic mass is 35.7. The molecule has 0 N–H and O–H groups in total. The Morgan fingerprint density at radius 2 is 1.54 bits per heavy atom. The lowest BCUT2D eigenvalue weighted by Crippen LogP contribution is -2.68. The molecule has 0 aliphatic carbocycles. The van der Waals surface area contributed by atoms with Gasteiger partial charge in [-0.15, -0.1) is 10.2 Å². The first kappa shape index (κ1) is 29.4. The summed E-state index contributed by atoms with van der Waals surface area (Å²) in [6, 6.07) is 14.3. The summed E-state index contributed by atoms with van der Waals surface area (Å²) in [7, 11) is -4.16. The average Bonchev–Trinajstić information content (AvgIpc) is 3.14. The number of aryl methyl sites for hydroxylation is 1. The normalized spacial score (nSPS) is 12.1. The average molecular weight is 545 g/mol. The first-order valence-corrected chi connectivity index (χ1v) is 14.4. The second-order valence-electron chi connectivity index (χ2n) is 7.37. The van der Waals surface area contributed by atoms with Crippen LogP contribution < -0.4 is 33.4 Å². The van der Waals surface area contributed by atoms with Crippen molar-refractivity contribution in [1.82, 2.24) is 0 Å². The summed E-state index contributed by atoms with van der Waals surface area (Å²) in [5, 5.41) is 1.75. The van der Waals surface area contributed by atoms with Crippen LogP contribution in [0.2, 0.25) is 0 Å². The van der Waals surface area contributed by atoms with Gasteiger partial charge in [0.15, 0.2) is 0 Å². The van der Waals surface area contributed by atoms with Crippen LogP contribution in [0.3, 0.4) is 0 Å². The van der Waals surface area contributed by atoms with Gasteiger partial charge in [-0.05, 0) is 56.7 Å². The summed E-state index contributed by atoms with van der Waals surface area (Å²) in [5.74, 6) is 0. The Balaban J connectivity index is 0.000000784. The summed E-state index contributed by atoms with van der Waals surface area (Å²) >= 11 is 1.68. The van der Waals surface area contributed by atoms with Crippen molar-refractivity contribution in [2.24, 2.45) is 0 Å². The van der Waals surface area contributed by atoms with Crippen molar-refractivity contribution in [2.45, 2.75) is 27.3 Å². The minimum atomic E-state index is -4.94. The van der Waals surface area contributed by atoms with Crippen LogP contribution >= 0.6 is 18.9 Å². The maximum atomic E-state index is 13.1. The molecule has 0 fully saturated rings. The maximum absolute atomic E-state index is 13.1. The first-order valence-electron chi connectivity index (χ1n) is 10.8. The number of nitrogens with zero attached hydrogens (tertiary/aromatic N) is 2. The van der Waals surface area contributed by atoms with E-state index in [2.05, 4.69) is 52.8 Å². The highest BCUT2D eigenvalue weighted by Crippen LogP contribution is 2.47. The third-order valence-electron chi connectivity index (χ3n) is 4.77. The second-order valence-corrected chi connectivity index (χ2v) is 11.2. The lowest BCUT2D eigenvalue weighted by molar-refractivity contribution is -2.00. The third-order valence-corrected chi connectivity index (χ3v) is 7.99. The maximum Gasteiger partial charge on any atom is 0.361 e. The molecule has 0 amide bonds. The predicted molar refractivity (Wildman–Crippen MR) is 128 cm³/mol. The number of hydrogen-bond acceptors (Lipinski definition) is 9. The van der Waals surface area contributed by atoms with E-state index < -0.39 is 17.8 Å². The molecule has 0 unspecified atom stereocenters. The Morgan fingerprint density at radius 3 is 2.03 bits per heavy atom. The van der Waals surface area contributed by atoms with E-state index in [4.69, 9.17) is 27.7 Å². The van der Waals surface area contributed by atoms with Crippen LogP contribution in [0.15, 0.2) is 42.5 Å². The van der Waals surface area contributed by atoms with E-state index in [1.807, 2.05) is 46.1 Å². The van der Waals surface area contributed by atoms with Crippen molar-refractivity contribution in [3.8, 4) is 0 Å². The van der Waals surface area contributed by atoms with Gasteiger partial charge in [-0.3, -0.25) is 4.57 Å². The summed E-state index contributed by atoms with van der Waals surface area (Å²) in [6.07, 6.45) is 4.27. The van der Waals surface area contributed by atoms with Crippen LogP contribution in [0, 0.1) is 10.2 Å². The summed E-state index contributed by atoms with van der Waals surface area (Å²) in [4.78, 5) is 2.09. The zero-order valence-corrected chi connectivity index (χ0v) is 22.8. The second kappa shape index (κ2) is 12.9. The van der Waals surface area contributed by atoms with Gasteiger partial charge >= 0.3 is 7.60 Å². The van der Waals surface area contributed by atoms with Gasteiger partial charge in [0.25, 0.3) is 5.01 Å². The Hall–Kier alpha value is -1.85. The number of thiazole rings is 1. The molecule has 192 valence electrons. The number of aromatic nitrogens is 1. The SMILES string of the molecule is CCOP(=O)(OCC)c1ccc2c(c1)sc(C=Cc1ccc(N(C)C)cc1)[n+]2CC.[O-][Cl+3]([O-])([O-])[O-]. The van der Waals surface area contributed by atoms with Crippen molar-refractivity contribution in [1.29, 1.82) is 0 Å². The predicted octanol–water partition coefficient (Wildman–Crippen LogP) is 0.581. The zero-order chi connectivity index (χ0) is 26.2. The highest BCUT2D eigenvalue weighted by molar-refractivity contribution is 7.62. The molecule has 0 saturated carbocycles. The molecule has 0 spiro atoms. The fraction of sp³-hybridized carbons (Fsp3) is 0.348. The van der Waals surface area contributed by atoms with E-state index in [0.29, 0.717) is 18.5 Å². The monoisotopic (exact) mass is 544 g/mol. The van der Waals surface area contributed by atoms with E-state index >= 15 is 0 Å². The van der Waals surface area contributed by atoms with E-state index in [1.165, 1.54) is 5.69 Å². The van der Waals surface area contributed by atoms with Crippen molar-refractivity contribution in [3.05, 3.63) is 53.0 Å². The molecule has 1 heterocycles. The minimum absolute atomic E-state index is 0.343. The third kappa shape index (κ3) is 8.64. The van der Waals surface area contributed by atoms with Crippen molar-refractivity contribution >= 4 is 52.3 Å². The molecule has 0 bridgehead atoms. The van der Waals surface area contributed by atoms with Gasteiger partial charge < -0.3 is 13.9 Å². The van der Waals surface area contributed by atoms with Crippen molar-refractivity contribution in [3.63, 3.8) is 0 Å². The topological polar surface area (TPSA) is 135 Å². The van der Waals surface area contributed by atoms with Gasteiger partial charge in [-0.25, -0.2) is 18.6 Å². The molecular formula is C23H30ClN2O7PS. The minimum Gasteiger partial charge on any atom is -0.378 e. The van der Waals surface area contributed by atoms with Gasteiger partial charge in [0, 0.05) is 31.9 Å². The fourth-order valence-corrected chi connectivity index (χ4v) is 6.14. The summed E-state index contributed by atoms with van der Waals surface area (Å²) < 4.78 is 61.5. The summed E-state index contributed by atoms with van der Waals surface area (Å²) in [6.45, 7) is 7.33. The smallest absolute Gasteiger partial charge is 0.361 e.